The lowest BCUT2D eigenvalue weighted by atomic mass is 10.0. The van der Waals surface area contributed by atoms with Crippen LogP contribution in [0.15, 0.2) is 0 Å². The second kappa shape index (κ2) is 6.17. The van der Waals surface area contributed by atoms with E-state index in [4.69, 9.17) is 4.74 Å². The lowest BCUT2D eigenvalue weighted by Gasteiger charge is -2.36. The maximum absolute atomic E-state index is 5.72. The summed E-state index contributed by atoms with van der Waals surface area (Å²) in [6, 6.07) is 1.37. The number of rotatable bonds is 2. The zero-order valence-corrected chi connectivity index (χ0v) is 11.6. The number of ether oxygens (including phenoxy) is 1. The molecule has 2 heterocycles. The summed E-state index contributed by atoms with van der Waals surface area (Å²) >= 11 is 0. The van der Waals surface area contributed by atoms with Gasteiger partial charge in [0, 0.05) is 31.8 Å². The van der Waals surface area contributed by atoms with E-state index < -0.39 is 0 Å². The van der Waals surface area contributed by atoms with Crippen LogP contribution in [0.3, 0.4) is 0 Å². The summed E-state index contributed by atoms with van der Waals surface area (Å²) in [7, 11) is 0. The quantitative estimate of drug-likeness (QED) is 0.797. The number of hydrogen-bond acceptors (Lipinski definition) is 3. The zero-order chi connectivity index (χ0) is 12.3. The van der Waals surface area contributed by atoms with Crippen molar-refractivity contribution >= 4 is 0 Å². The van der Waals surface area contributed by atoms with E-state index in [0.29, 0.717) is 18.2 Å². The van der Waals surface area contributed by atoms with Gasteiger partial charge in [-0.2, -0.15) is 0 Å². The van der Waals surface area contributed by atoms with Crippen LogP contribution in [0, 0.1) is 5.92 Å². The van der Waals surface area contributed by atoms with E-state index in [1.165, 1.54) is 32.4 Å². The molecule has 1 N–H and O–H groups in total. The molecule has 0 aromatic carbocycles. The molecule has 4 atom stereocenters. The van der Waals surface area contributed by atoms with E-state index in [9.17, 15) is 0 Å². The molecule has 0 amide bonds. The highest BCUT2D eigenvalue weighted by molar-refractivity contribution is 4.85. The molecule has 0 saturated carbocycles. The Morgan fingerprint density at radius 2 is 2.12 bits per heavy atom. The minimum absolute atomic E-state index is 0.426. The van der Waals surface area contributed by atoms with Crippen LogP contribution in [0.25, 0.3) is 0 Å². The van der Waals surface area contributed by atoms with Gasteiger partial charge in [-0.05, 0) is 38.6 Å². The summed E-state index contributed by atoms with van der Waals surface area (Å²) in [6.07, 6.45) is 4.18. The topological polar surface area (TPSA) is 24.5 Å². The monoisotopic (exact) mass is 240 g/mol. The molecule has 0 spiro atoms. The fourth-order valence-electron chi connectivity index (χ4n) is 3.20. The van der Waals surface area contributed by atoms with Crippen LogP contribution in [-0.4, -0.2) is 49.3 Å². The smallest absolute Gasteiger partial charge is 0.0703 e. The van der Waals surface area contributed by atoms with Gasteiger partial charge >= 0.3 is 0 Å². The van der Waals surface area contributed by atoms with Crippen LogP contribution in [0.2, 0.25) is 0 Å². The normalized spacial score (nSPS) is 41.1. The van der Waals surface area contributed by atoms with Gasteiger partial charge < -0.3 is 10.1 Å². The highest BCUT2D eigenvalue weighted by Gasteiger charge is 2.31. The molecule has 2 saturated heterocycles. The van der Waals surface area contributed by atoms with Gasteiger partial charge in [0.05, 0.1) is 6.10 Å². The first-order chi connectivity index (χ1) is 8.20. The summed E-state index contributed by atoms with van der Waals surface area (Å²) in [6.45, 7) is 11.4. The lowest BCUT2D eigenvalue weighted by molar-refractivity contribution is 0.0617. The molecule has 100 valence electrons. The molecule has 0 aromatic heterocycles. The molecule has 2 aliphatic heterocycles. The van der Waals surface area contributed by atoms with Crippen molar-refractivity contribution in [2.75, 3.05) is 26.2 Å². The first kappa shape index (κ1) is 13.3. The van der Waals surface area contributed by atoms with Gasteiger partial charge in [0.15, 0.2) is 0 Å². The highest BCUT2D eigenvalue weighted by Crippen LogP contribution is 2.22. The van der Waals surface area contributed by atoms with Gasteiger partial charge in [-0.25, -0.2) is 0 Å². The van der Waals surface area contributed by atoms with Gasteiger partial charge in [-0.1, -0.05) is 13.8 Å². The first-order valence-electron chi connectivity index (χ1n) is 7.29. The summed E-state index contributed by atoms with van der Waals surface area (Å²) in [4.78, 5) is 2.69. The molecular weight excluding hydrogens is 212 g/mol. The van der Waals surface area contributed by atoms with Crippen LogP contribution in [0.5, 0.6) is 0 Å². The molecule has 0 aromatic rings. The second-order valence-electron chi connectivity index (χ2n) is 5.83. The zero-order valence-electron chi connectivity index (χ0n) is 11.6. The van der Waals surface area contributed by atoms with Crippen molar-refractivity contribution in [2.24, 2.45) is 5.92 Å². The number of nitrogens with zero attached hydrogens (tertiary/aromatic N) is 1. The van der Waals surface area contributed by atoms with Crippen molar-refractivity contribution in [2.45, 2.75) is 58.2 Å². The van der Waals surface area contributed by atoms with Gasteiger partial charge in [-0.3, -0.25) is 4.90 Å². The van der Waals surface area contributed by atoms with E-state index in [2.05, 4.69) is 31.0 Å². The average molecular weight is 240 g/mol. The number of hydrogen-bond donors (Lipinski definition) is 1. The van der Waals surface area contributed by atoms with Crippen molar-refractivity contribution in [3.8, 4) is 0 Å². The van der Waals surface area contributed by atoms with E-state index in [1.807, 2.05) is 0 Å². The summed E-state index contributed by atoms with van der Waals surface area (Å²) in [5, 5.41) is 3.69. The molecule has 0 aliphatic carbocycles. The lowest BCUT2D eigenvalue weighted by Crippen LogP contribution is -2.48. The molecule has 2 fully saturated rings. The maximum atomic E-state index is 5.72. The summed E-state index contributed by atoms with van der Waals surface area (Å²) in [5.41, 5.74) is 0. The molecule has 3 nitrogen and oxygen atoms in total. The van der Waals surface area contributed by atoms with E-state index in [-0.39, 0.29) is 0 Å². The van der Waals surface area contributed by atoms with E-state index in [0.717, 1.165) is 19.1 Å². The van der Waals surface area contributed by atoms with E-state index in [1.54, 1.807) is 0 Å². The fourth-order valence-corrected chi connectivity index (χ4v) is 3.20. The van der Waals surface area contributed by atoms with Gasteiger partial charge in [0.1, 0.15) is 0 Å². The van der Waals surface area contributed by atoms with Crippen LogP contribution >= 0.6 is 0 Å². The van der Waals surface area contributed by atoms with Gasteiger partial charge in [0.25, 0.3) is 0 Å². The van der Waals surface area contributed by atoms with Crippen molar-refractivity contribution in [3.63, 3.8) is 0 Å². The Kier molecular flexibility index (Phi) is 4.83. The first-order valence-corrected chi connectivity index (χ1v) is 7.29. The summed E-state index contributed by atoms with van der Waals surface area (Å²) < 4.78 is 5.72. The molecule has 0 bridgehead atoms. The Morgan fingerprint density at radius 3 is 2.76 bits per heavy atom. The Hall–Kier alpha value is -0.120. The van der Waals surface area contributed by atoms with Crippen LogP contribution < -0.4 is 5.32 Å². The largest absolute Gasteiger partial charge is 0.377 e. The average Bonchev–Trinajstić information content (AvgIpc) is 2.71. The third kappa shape index (κ3) is 3.43. The molecular formula is C14H28N2O. The Morgan fingerprint density at radius 1 is 1.29 bits per heavy atom. The predicted molar refractivity (Wildman–Crippen MR) is 71.3 cm³/mol. The molecule has 0 radical (unpaired) electrons. The van der Waals surface area contributed by atoms with Crippen molar-refractivity contribution < 1.29 is 4.74 Å². The van der Waals surface area contributed by atoms with Gasteiger partial charge in [0.2, 0.25) is 0 Å². The Balaban J connectivity index is 1.95. The third-order valence-corrected chi connectivity index (χ3v) is 4.36. The molecule has 17 heavy (non-hydrogen) atoms. The molecule has 2 rings (SSSR count). The van der Waals surface area contributed by atoms with Crippen LogP contribution in [-0.2, 0) is 4.74 Å². The number of nitrogens with one attached hydrogen (secondary N) is 1. The van der Waals surface area contributed by atoms with Gasteiger partial charge in [-0.15, -0.1) is 0 Å². The molecule has 4 unspecified atom stereocenters. The standard InChI is InChI=1S/C14H28N2O/c1-4-13-5-7-16(10-11(2)9-15-13)14-6-8-17-12(14)3/h11-15H,4-10H2,1-3H3. The minimum atomic E-state index is 0.426. The minimum Gasteiger partial charge on any atom is -0.377 e. The van der Waals surface area contributed by atoms with E-state index >= 15 is 0 Å². The van der Waals surface area contributed by atoms with Crippen molar-refractivity contribution in [1.82, 2.24) is 10.2 Å². The predicted octanol–water partition coefficient (Wildman–Crippen LogP) is 1.87. The SMILES string of the molecule is CCC1CCN(C2CCOC2C)CC(C)CN1. The second-order valence-corrected chi connectivity index (χ2v) is 5.83. The molecule has 2 aliphatic rings. The third-order valence-electron chi connectivity index (χ3n) is 4.36. The maximum Gasteiger partial charge on any atom is 0.0703 e. The summed E-state index contributed by atoms with van der Waals surface area (Å²) in [5.74, 6) is 0.747. The molecule has 3 heteroatoms. The van der Waals surface area contributed by atoms with Crippen LogP contribution in [0.4, 0.5) is 0 Å². The highest BCUT2D eigenvalue weighted by atomic mass is 16.5. The Bertz CT molecular complexity index is 234. The van der Waals surface area contributed by atoms with Crippen molar-refractivity contribution in [3.05, 3.63) is 0 Å². The fraction of sp³-hybridized carbons (Fsp3) is 1.00. The van der Waals surface area contributed by atoms with Crippen molar-refractivity contribution in [1.29, 1.82) is 0 Å². The Labute approximate surface area is 106 Å². The van der Waals surface area contributed by atoms with Crippen LogP contribution in [0.1, 0.15) is 40.0 Å².